The minimum absolute atomic E-state index is 0.00901. The van der Waals surface area contributed by atoms with Crippen LogP contribution in [0.5, 0.6) is 0 Å². The number of methoxy groups -OCH3 is 1. The first kappa shape index (κ1) is 16.8. The van der Waals surface area contributed by atoms with Gasteiger partial charge in [0.15, 0.2) is 0 Å². The second-order valence-electron chi connectivity index (χ2n) is 4.67. The standard InChI is InChI=1S/C15H15ClFNO3S/c1-21-15(20)13-9-18(6-7-22-13)14(19)5-3-10-2-4-12(17)11(16)8-10/h2-5,8,13H,6-7,9H2,1H3/b5-3+/t13-/m1/s1. The number of benzene rings is 1. The smallest absolute Gasteiger partial charge is 0.320 e. The highest BCUT2D eigenvalue weighted by atomic mass is 35.5. The molecule has 7 heteroatoms. The van der Waals surface area contributed by atoms with Crippen LogP contribution in [0, 0.1) is 5.82 Å². The van der Waals surface area contributed by atoms with E-state index >= 15 is 0 Å². The molecular formula is C15H15ClFNO3S. The van der Waals surface area contributed by atoms with Gasteiger partial charge in [-0.3, -0.25) is 9.59 Å². The van der Waals surface area contributed by atoms with Crippen LogP contribution in [0.2, 0.25) is 5.02 Å². The van der Waals surface area contributed by atoms with E-state index in [1.807, 2.05) is 0 Å². The van der Waals surface area contributed by atoms with E-state index in [4.69, 9.17) is 16.3 Å². The van der Waals surface area contributed by atoms with Crippen LogP contribution in [0.15, 0.2) is 24.3 Å². The van der Waals surface area contributed by atoms with Crippen LogP contribution >= 0.6 is 23.4 Å². The average Bonchev–Trinajstić information content (AvgIpc) is 2.55. The zero-order valence-electron chi connectivity index (χ0n) is 11.9. The van der Waals surface area contributed by atoms with Crippen molar-refractivity contribution >= 4 is 41.3 Å². The topological polar surface area (TPSA) is 46.6 Å². The number of amides is 1. The molecular weight excluding hydrogens is 329 g/mol. The van der Waals surface area contributed by atoms with Crippen LogP contribution in [0.1, 0.15) is 5.56 Å². The predicted octanol–water partition coefficient (Wildman–Crippen LogP) is 2.61. The number of nitrogens with zero attached hydrogens (tertiary/aromatic N) is 1. The minimum atomic E-state index is -0.501. The van der Waals surface area contributed by atoms with Crippen molar-refractivity contribution < 1.29 is 18.7 Å². The van der Waals surface area contributed by atoms with Gasteiger partial charge in [0.2, 0.25) is 5.91 Å². The first-order valence-electron chi connectivity index (χ1n) is 6.62. The zero-order chi connectivity index (χ0) is 16.1. The van der Waals surface area contributed by atoms with Gasteiger partial charge < -0.3 is 9.64 Å². The lowest BCUT2D eigenvalue weighted by atomic mass is 10.2. The molecule has 0 saturated carbocycles. The molecule has 1 aromatic carbocycles. The van der Waals surface area contributed by atoms with Gasteiger partial charge in [0.1, 0.15) is 11.1 Å². The second-order valence-corrected chi connectivity index (χ2v) is 6.39. The van der Waals surface area contributed by atoms with E-state index in [-0.39, 0.29) is 22.1 Å². The molecule has 1 aromatic rings. The Morgan fingerprint density at radius 2 is 2.27 bits per heavy atom. The van der Waals surface area contributed by atoms with Gasteiger partial charge in [0.05, 0.1) is 12.1 Å². The van der Waals surface area contributed by atoms with E-state index in [1.54, 1.807) is 11.0 Å². The van der Waals surface area contributed by atoms with Gasteiger partial charge in [-0.15, -0.1) is 11.8 Å². The summed E-state index contributed by atoms with van der Waals surface area (Å²) in [6.07, 6.45) is 2.97. The number of carbonyl (C=O) groups is 2. The van der Waals surface area contributed by atoms with Gasteiger partial charge in [-0.05, 0) is 23.8 Å². The third kappa shape index (κ3) is 4.24. The van der Waals surface area contributed by atoms with E-state index in [2.05, 4.69) is 0 Å². The molecule has 1 heterocycles. The quantitative estimate of drug-likeness (QED) is 0.625. The Morgan fingerprint density at radius 3 is 2.95 bits per heavy atom. The maximum Gasteiger partial charge on any atom is 0.320 e. The summed E-state index contributed by atoms with van der Waals surface area (Å²) in [7, 11) is 1.34. The van der Waals surface area contributed by atoms with Gasteiger partial charge in [0.25, 0.3) is 0 Å². The number of esters is 1. The van der Waals surface area contributed by atoms with Crippen molar-refractivity contribution in [1.82, 2.24) is 4.90 Å². The summed E-state index contributed by atoms with van der Waals surface area (Å²) in [6.45, 7) is 0.899. The Morgan fingerprint density at radius 1 is 1.50 bits per heavy atom. The first-order chi connectivity index (χ1) is 10.5. The molecule has 1 amide bonds. The molecule has 0 aliphatic carbocycles. The number of ether oxygens (including phenoxy) is 1. The maximum absolute atomic E-state index is 13.1. The van der Waals surface area contributed by atoms with Crippen molar-refractivity contribution in [2.75, 3.05) is 26.0 Å². The van der Waals surface area contributed by atoms with Crippen LogP contribution in [0.3, 0.4) is 0 Å². The van der Waals surface area contributed by atoms with Crippen LogP contribution < -0.4 is 0 Å². The minimum Gasteiger partial charge on any atom is -0.468 e. The van der Waals surface area contributed by atoms with Gasteiger partial charge in [0, 0.05) is 24.9 Å². The van der Waals surface area contributed by atoms with Crippen molar-refractivity contribution in [3.05, 3.63) is 40.7 Å². The van der Waals surface area contributed by atoms with Crippen LogP contribution in [-0.4, -0.2) is 48.0 Å². The third-order valence-corrected chi connectivity index (χ3v) is 4.66. The number of carbonyl (C=O) groups excluding carboxylic acids is 2. The number of hydrogen-bond donors (Lipinski definition) is 0. The molecule has 22 heavy (non-hydrogen) atoms. The van der Waals surface area contributed by atoms with E-state index in [9.17, 15) is 14.0 Å². The molecule has 0 N–H and O–H groups in total. The summed E-state index contributed by atoms with van der Waals surface area (Å²) >= 11 is 7.17. The van der Waals surface area contributed by atoms with Crippen LogP contribution in [0.4, 0.5) is 4.39 Å². The van der Waals surface area contributed by atoms with Crippen molar-refractivity contribution in [3.63, 3.8) is 0 Å². The molecule has 1 aliphatic rings. The van der Waals surface area contributed by atoms with Gasteiger partial charge in [-0.2, -0.15) is 0 Å². The highest BCUT2D eigenvalue weighted by molar-refractivity contribution is 8.00. The lowest BCUT2D eigenvalue weighted by Crippen LogP contribution is -2.44. The van der Waals surface area contributed by atoms with Crippen LogP contribution in [-0.2, 0) is 14.3 Å². The summed E-state index contributed by atoms with van der Waals surface area (Å²) in [4.78, 5) is 25.3. The Bertz CT molecular complexity index is 608. The fourth-order valence-electron chi connectivity index (χ4n) is 2.01. The van der Waals surface area contributed by atoms with E-state index in [0.29, 0.717) is 24.4 Å². The fraction of sp³-hybridized carbons (Fsp3) is 0.333. The molecule has 4 nitrogen and oxygen atoms in total. The van der Waals surface area contributed by atoms with Crippen molar-refractivity contribution in [3.8, 4) is 0 Å². The molecule has 1 saturated heterocycles. The molecule has 1 fully saturated rings. The second kappa shape index (κ2) is 7.65. The summed E-state index contributed by atoms with van der Waals surface area (Å²) in [5.74, 6) is -0.340. The lowest BCUT2D eigenvalue weighted by molar-refractivity contribution is -0.140. The summed E-state index contributed by atoms with van der Waals surface area (Å²) in [5.41, 5.74) is 0.635. The predicted molar refractivity (Wildman–Crippen MR) is 85.3 cm³/mol. The number of halogens is 2. The van der Waals surface area contributed by atoms with Crippen molar-refractivity contribution in [2.45, 2.75) is 5.25 Å². The molecule has 0 radical (unpaired) electrons. The molecule has 1 aliphatic heterocycles. The molecule has 0 bridgehead atoms. The third-order valence-electron chi connectivity index (χ3n) is 3.20. The molecule has 0 aromatic heterocycles. The van der Waals surface area contributed by atoms with Crippen molar-refractivity contribution in [1.29, 1.82) is 0 Å². The van der Waals surface area contributed by atoms with Crippen molar-refractivity contribution in [2.24, 2.45) is 0 Å². The number of hydrogen-bond acceptors (Lipinski definition) is 4. The van der Waals surface area contributed by atoms with E-state index < -0.39 is 5.82 Å². The average molecular weight is 344 g/mol. The fourth-order valence-corrected chi connectivity index (χ4v) is 3.33. The monoisotopic (exact) mass is 343 g/mol. The Hall–Kier alpha value is -1.53. The number of thioether (sulfide) groups is 1. The Balaban J connectivity index is 2.00. The highest BCUT2D eigenvalue weighted by Gasteiger charge is 2.28. The lowest BCUT2D eigenvalue weighted by Gasteiger charge is -2.30. The molecule has 2 rings (SSSR count). The first-order valence-corrected chi connectivity index (χ1v) is 8.05. The summed E-state index contributed by atoms with van der Waals surface area (Å²) < 4.78 is 17.8. The normalized spacial score (nSPS) is 18.5. The molecule has 0 spiro atoms. The molecule has 0 unspecified atom stereocenters. The Labute approximate surface area is 137 Å². The maximum atomic E-state index is 13.1. The van der Waals surface area contributed by atoms with E-state index in [1.165, 1.54) is 43.1 Å². The number of rotatable bonds is 3. The highest BCUT2D eigenvalue weighted by Crippen LogP contribution is 2.20. The molecule has 118 valence electrons. The zero-order valence-corrected chi connectivity index (χ0v) is 13.5. The Kier molecular flexibility index (Phi) is 5.85. The van der Waals surface area contributed by atoms with E-state index in [0.717, 1.165) is 0 Å². The van der Waals surface area contributed by atoms with Gasteiger partial charge >= 0.3 is 5.97 Å². The molecule has 1 atom stereocenters. The summed E-state index contributed by atoms with van der Waals surface area (Å²) in [5, 5.41) is -0.342. The van der Waals surface area contributed by atoms with Crippen LogP contribution in [0.25, 0.3) is 6.08 Å². The SMILES string of the molecule is COC(=O)[C@H]1CN(C(=O)/C=C/c2ccc(F)c(Cl)c2)CCS1. The summed E-state index contributed by atoms with van der Waals surface area (Å²) in [6, 6.07) is 4.23. The largest absolute Gasteiger partial charge is 0.468 e. The van der Waals surface area contributed by atoms with Gasteiger partial charge in [-0.25, -0.2) is 4.39 Å². The van der Waals surface area contributed by atoms with Gasteiger partial charge in [-0.1, -0.05) is 17.7 Å².